The van der Waals surface area contributed by atoms with E-state index in [1.54, 1.807) is 48.2 Å². The van der Waals surface area contributed by atoms with E-state index < -0.39 is 41.1 Å². The molecule has 0 aliphatic carbocycles. The lowest BCUT2D eigenvalue weighted by Crippen LogP contribution is -2.58. The average molecular weight is 545 g/mol. The van der Waals surface area contributed by atoms with E-state index in [0.717, 1.165) is 0 Å². The zero-order chi connectivity index (χ0) is 27.8. The molecule has 9 heteroatoms. The second-order valence-electron chi connectivity index (χ2n) is 10.8. The Hall–Kier alpha value is -2.68. The van der Waals surface area contributed by atoms with Crippen molar-refractivity contribution in [2.24, 2.45) is 17.8 Å². The number of hydrogen-bond acceptors (Lipinski definition) is 6. The number of hydrogen-bond donors (Lipinski definition) is 1. The minimum absolute atomic E-state index is 0.111. The largest absolute Gasteiger partial charge is 0.465 e. The first-order valence-electron chi connectivity index (χ1n) is 13.2. The SMILES string of the molecule is C=CCCCOC(=O)[C@@H]1[C@H]2C(=O)N([C@H](C)CO)C(C(=O)N(CC=C)c3ccc(Cl)cc3)C23CC(C)[C@@]1(C)O3. The van der Waals surface area contributed by atoms with Crippen LogP contribution in [0, 0.1) is 17.8 Å². The third-order valence-electron chi connectivity index (χ3n) is 8.49. The quantitative estimate of drug-likeness (QED) is 0.259. The van der Waals surface area contributed by atoms with E-state index in [1.807, 2.05) is 13.8 Å². The van der Waals surface area contributed by atoms with Gasteiger partial charge in [-0.05, 0) is 63.3 Å². The second-order valence-corrected chi connectivity index (χ2v) is 11.2. The Kier molecular flexibility index (Phi) is 8.07. The molecule has 0 saturated carbocycles. The Morgan fingerprint density at radius 3 is 2.61 bits per heavy atom. The minimum atomic E-state index is -1.23. The first-order valence-corrected chi connectivity index (χ1v) is 13.5. The van der Waals surface area contributed by atoms with Crippen molar-refractivity contribution in [2.45, 2.75) is 63.3 Å². The summed E-state index contributed by atoms with van der Waals surface area (Å²) in [4.78, 5) is 45.0. The molecule has 3 aliphatic rings. The molecule has 8 nitrogen and oxygen atoms in total. The number of aliphatic hydroxyl groups excluding tert-OH is 1. The standard InChI is InChI=1S/C29H37ClN2O6/c1-6-8-9-15-37-27(36)23-22-25(34)32(19(4)17-33)24(29(22)16-18(3)28(23,5)38-29)26(35)31(14-7-2)21-12-10-20(30)11-13-21/h6-7,10-13,18-19,22-24,33H,1-2,8-9,14-17H2,3-5H3/t18?,19-,22+,23+,24?,28-,29?/m1/s1. The van der Waals surface area contributed by atoms with Gasteiger partial charge < -0.3 is 24.4 Å². The molecular weight excluding hydrogens is 508 g/mol. The molecule has 3 heterocycles. The summed E-state index contributed by atoms with van der Waals surface area (Å²) < 4.78 is 12.3. The average Bonchev–Trinajstić information content (AvgIpc) is 3.41. The first-order chi connectivity index (χ1) is 18.1. The summed E-state index contributed by atoms with van der Waals surface area (Å²) in [6, 6.07) is 5.14. The van der Waals surface area contributed by atoms with Crippen LogP contribution in [0.15, 0.2) is 49.6 Å². The summed E-state index contributed by atoms with van der Waals surface area (Å²) >= 11 is 6.08. The van der Waals surface area contributed by atoms with Crippen LogP contribution in [0.2, 0.25) is 5.02 Å². The van der Waals surface area contributed by atoms with Crippen molar-refractivity contribution in [2.75, 3.05) is 24.7 Å². The van der Waals surface area contributed by atoms with Crippen molar-refractivity contribution in [3.63, 3.8) is 0 Å². The molecule has 3 saturated heterocycles. The van der Waals surface area contributed by atoms with Crippen molar-refractivity contribution in [3.05, 3.63) is 54.6 Å². The normalized spacial score (nSPS) is 32.1. The van der Waals surface area contributed by atoms with Crippen molar-refractivity contribution >= 4 is 35.1 Å². The number of esters is 1. The molecule has 206 valence electrons. The highest BCUT2D eigenvalue weighted by Crippen LogP contribution is 2.65. The number of allylic oxidation sites excluding steroid dienone is 1. The predicted octanol–water partition coefficient (Wildman–Crippen LogP) is 3.76. The Balaban J connectivity index is 1.78. The van der Waals surface area contributed by atoms with Gasteiger partial charge in [0.15, 0.2) is 0 Å². The van der Waals surface area contributed by atoms with Crippen LogP contribution < -0.4 is 4.90 Å². The fraction of sp³-hybridized carbons (Fsp3) is 0.552. The van der Waals surface area contributed by atoms with Crippen LogP contribution >= 0.6 is 11.6 Å². The summed E-state index contributed by atoms with van der Waals surface area (Å²) in [5.41, 5.74) is -1.61. The Labute approximate surface area is 229 Å². The van der Waals surface area contributed by atoms with Gasteiger partial charge in [0.1, 0.15) is 17.6 Å². The molecule has 1 aromatic rings. The van der Waals surface area contributed by atoms with Crippen LogP contribution in [0.1, 0.15) is 40.0 Å². The zero-order valence-electron chi connectivity index (χ0n) is 22.3. The van der Waals surface area contributed by atoms with Crippen molar-refractivity contribution < 1.29 is 29.0 Å². The number of benzene rings is 1. The van der Waals surface area contributed by atoms with Crippen LogP contribution in [-0.4, -0.2) is 70.8 Å². The summed E-state index contributed by atoms with van der Waals surface area (Å²) in [5.74, 6) is -3.09. The van der Waals surface area contributed by atoms with Gasteiger partial charge in [0.2, 0.25) is 5.91 Å². The number of nitrogens with zero attached hydrogens (tertiary/aromatic N) is 2. The third-order valence-corrected chi connectivity index (χ3v) is 8.74. The number of amides is 2. The molecule has 4 rings (SSSR count). The lowest BCUT2D eigenvalue weighted by atomic mass is 9.62. The van der Waals surface area contributed by atoms with Gasteiger partial charge in [-0.3, -0.25) is 14.4 Å². The van der Waals surface area contributed by atoms with Crippen molar-refractivity contribution in [3.8, 4) is 0 Å². The van der Waals surface area contributed by atoms with Gasteiger partial charge in [-0.15, -0.1) is 13.2 Å². The molecule has 38 heavy (non-hydrogen) atoms. The van der Waals surface area contributed by atoms with Gasteiger partial charge in [-0.25, -0.2) is 0 Å². The maximum Gasteiger partial charge on any atom is 0.312 e. The van der Waals surface area contributed by atoms with Crippen LogP contribution in [0.3, 0.4) is 0 Å². The number of aliphatic hydroxyl groups is 1. The van der Waals surface area contributed by atoms with Crippen molar-refractivity contribution in [1.82, 2.24) is 4.90 Å². The summed E-state index contributed by atoms with van der Waals surface area (Å²) in [6.45, 7) is 13.1. The number of ether oxygens (including phenoxy) is 2. The summed E-state index contributed by atoms with van der Waals surface area (Å²) in [7, 11) is 0. The number of anilines is 1. The molecule has 3 fully saturated rings. The molecule has 3 aliphatic heterocycles. The van der Waals surface area contributed by atoms with Crippen molar-refractivity contribution in [1.29, 1.82) is 0 Å². The Bertz CT molecular complexity index is 1110. The van der Waals surface area contributed by atoms with Crippen LogP contribution in [0.5, 0.6) is 0 Å². The van der Waals surface area contributed by atoms with E-state index in [1.165, 1.54) is 4.90 Å². The molecule has 2 amide bonds. The number of unbranched alkanes of at least 4 members (excludes halogenated alkanes) is 1. The van der Waals surface area contributed by atoms with E-state index in [0.29, 0.717) is 30.0 Å². The topological polar surface area (TPSA) is 96.4 Å². The highest BCUT2D eigenvalue weighted by atomic mass is 35.5. The molecule has 1 aromatic carbocycles. The lowest BCUT2D eigenvalue weighted by Gasteiger charge is -2.38. The van der Waals surface area contributed by atoms with Gasteiger partial charge in [-0.2, -0.15) is 0 Å². The monoisotopic (exact) mass is 544 g/mol. The Morgan fingerprint density at radius 1 is 1.32 bits per heavy atom. The van der Waals surface area contributed by atoms with Gasteiger partial charge in [0.05, 0.1) is 30.8 Å². The summed E-state index contributed by atoms with van der Waals surface area (Å²) in [5, 5.41) is 10.6. The van der Waals surface area contributed by atoms with E-state index in [-0.39, 0.29) is 37.5 Å². The molecular formula is C29H37ClN2O6. The third kappa shape index (κ3) is 4.36. The van der Waals surface area contributed by atoms with Crippen LogP contribution in [0.25, 0.3) is 0 Å². The van der Waals surface area contributed by atoms with E-state index >= 15 is 0 Å². The fourth-order valence-electron chi connectivity index (χ4n) is 6.59. The molecule has 0 radical (unpaired) electrons. The lowest BCUT2D eigenvalue weighted by molar-refractivity contribution is -0.162. The number of carbonyl (C=O) groups excluding carboxylic acids is 3. The minimum Gasteiger partial charge on any atom is -0.465 e. The van der Waals surface area contributed by atoms with Gasteiger partial charge in [0, 0.05) is 17.3 Å². The molecule has 2 bridgehead atoms. The number of halogens is 1. The molecule has 1 spiro atoms. The fourth-order valence-corrected chi connectivity index (χ4v) is 6.71. The van der Waals surface area contributed by atoms with Crippen LogP contribution in [0.4, 0.5) is 5.69 Å². The second kappa shape index (κ2) is 10.8. The van der Waals surface area contributed by atoms with E-state index in [9.17, 15) is 19.5 Å². The van der Waals surface area contributed by atoms with Gasteiger partial charge in [-0.1, -0.05) is 30.7 Å². The molecule has 1 N–H and O–H groups in total. The van der Waals surface area contributed by atoms with Crippen LogP contribution in [-0.2, 0) is 23.9 Å². The highest BCUT2D eigenvalue weighted by molar-refractivity contribution is 6.30. The predicted molar refractivity (Wildman–Crippen MR) is 145 cm³/mol. The maximum absolute atomic E-state index is 14.4. The number of rotatable bonds is 11. The maximum atomic E-state index is 14.4. The number of fused-ring (bicyclic) bond motifs is 1. The van der Waals surface area contributed by atoms with Gasteiger partial charge >= 0.3 is 5.97 Å². The molecule has 3 unspecified atom stereocenters. The number of carbonyl (C=O) groups is 3. The Morgan fingerprint density at radius 2 is 2.00 bits per heavy atom. The zero-order valence-corrected chi connectivity index (χ0v) is 23.0. The van der Waals surface area contributed by atoms with E-state index in [2.05, 4.69) is 13.2 Å². The first kappa shape index (κ1) is 28.3. The smallest absolute Gasteiger partial charge is 0.312 e. The molecule has 0 aromatic heterocycles. The molecule has 7 atom stereocenters. The van der Waals surface area contributed by atoms with E-state index in [4.69, 9.17) is 21.1 Å². The summed E-state index contributed by atoms with van der Waals surface area (Å²) in [6.07, 6.45) is 5.13. The highest BCUT2D eigenvalue weighted by Gasteiger charge is 2.80. The number of likely N-dealkylation sites (tertiary alicyclic amines) is 1. The van der Waals surface area contributed by atoms with Gasteiger partial charge in [0.25, 0.3) is 5.91 Å².